The quantitative estimate of drug-likeness (QED) is 0.0662. The van der Waals surface area contributed by atoms with Gasteiger partial charge in [-0.15, -0.1) is 0 Å². The largest absolute Gasteiger partial charge is 0.463 e. The van der Waals surface area contributed by atoms with Crippen LogP contribution in [0, 0.1) is 5.92 Å². The number of carbonyl (C=O) groups is 1. The Hall–Kier alpha value is -0.770. The molecule has 0 aromatic carbocycles. The van der Waals surface area contributed by atoms with Crippen molar-refractivity contribution in [2.45, 2.75) is 141 Å². The summed E-state index contributed by atoms with van der Waals surface area (Å²) in [7, 11) is 2.04. The van der Waals surface area contributed by atoms with Gasteiger partial charge in [0.15, 0.2) is 0 Å². The van der Waals surface area contributed by atoms with Crippen LogP contribution in [-0.4, -0.2) is 102 Å². The molecule has 2 heterocycles. The van der Waals surface area contributed by atoms with Crippen molar-refractivity contribution < 1.29 is 33.2 Å². The maximum atomic E-state index is 12.6. The number of likely N-dealkylation sites (tertiary alicyclic amines) is 1. The van der Waals surface area contributed by atoms with Crippen LogP contribution in [0.2, 0.25) is 0 Å². The second kappa shape index (κ2) is 26.4. The van der Waals surface area contributed by atoms with Gasteiger partial charge in [-0.3, -0.25) is 4.79 Å². The van der Waals surface area contributed by atoms with Crippen LogP contribution < -0.4 is 0 Å². The molecule has 2 aliphatic rings. The van der Waals surface area contributed by atoms with E-state index < -0.39 is 0 Å². The SMILES string of the molecule is CCCCCCCCCCOCCO[C@@H]1[C@@H](OCCOCCCCCCCCCC)CO[C@@H]1COC(=O)C1CCN(C)C1. The van der Waals surface area contributed by atoms with E-state index in [0.29, 0.717) is 33.0 Å². The Kier molecular flexibility index (Phi) is 23.6. The lowest BCUT2D eigenvalue weighted by atomic mass is 10.1. The first-order valence-electron chi connectivity index (χ1n) is 18.0. The van der Waals surface area contributed by atoms with Crippen LogP contribution in [0.3, 0.4) is 0 Å². The Bertz CT molecular complexity index is 652. The Morgan fingerprint density at radius 1 is 0.698 bits per heavy atom. The molecule has 2 rings (SSSR count). The molecule has 8 heteroatoms. The highest BCUT2D eigenvalue weighted by Gasteiger charge is 2.40. The van der Waals surface area contributed by atoms with Gasteiger partial charge < -0.3 is 33.3 Å². The van der Waals surface area contributed by atoms with E-state index in [9.17, 15) is 4.79 Å². The summed E-state index contributed by atoms with van der Waals surface area (Å²) in [6, 6.07) is 0. The summed E-state index contributed by atoms with van der Waals surface area (Å²) in [6.45, 7) is 10.5. The summed E-state index contributed by atoms with van der Waals surface area (Å²) in [5.74, 6) is -0.195. The first-order valence-corrected chi connectivity index (χ1v) is 18.0. The molecule has 0 amide bonds. The first kappa shape index (κ1) is 38.4. The molecule has 2 aliphatic heterocycles. The van der Waals surface area contributed by atoms with Gasteiger partial charge in [0.05, 0.1) is 39.0 Å². The summed E-state index contributed by atoms with van der Waals surface area (Å²) >= 11 is 0. The predicted molar refractivity (Wildman–Crippen MR) is 173 cm³/mol. The summed E-state index contributed by atoms with van der Waals surface area (Å²) in [5, 5.41) is 0. The van der Waals surface area contributed by atoms with E-state index in [4.69, 9.17) is 28.4 Å². The van der Waals surface area contributed by atoms with Gasteiger partial charge >= 0.3 is 5.97 Å². The highest BCUT2D eigenvalue weighted by Crippen LogP contribution is 2.23. The fourth-order valence-corrected chi connectivity index (χ4v) is 5.94. The van der Waals surface area contributed by atoms with Crippen LogP contribution in [-0.2, 0) is 33.2 Å². The van der Waals surface area contributed by atoms with Crippen LogP contribution in [0.15, 0.2) is 0 Å². The molecule has 2 saturated heterocycles. The zero-order valence-corrected chi connectivity index (χ0v) is 28.2. The third kappa shape index (κ3) is 18.7. The molecule has 0 N–H and O–H groups in total. The van der Waals surface area contributed by atoms with Crippen LogP contribution in [0.25, 0.3) is 0 Å². The van der Waals surface area contributed by atoms with Crippen molar-refractivity contribution in [1.82, 2.24) is 4.90 Å². The summed E-state index contributed by atoms with van der Waals surface area (Å²) in [5.41, 5.74) is 0. The topological polar surface area (TPSA) is 75.7 Å². The number of hydrogen-bond acceptors (Lipinski definition) is 8. The van der Waals surface area contributed by atoms with Crippen molar-refractivity contribution in [3.05, 3.63) is 0 Å². The van der Waals surface area contributed by atoms with Crippen molar-refractivity contribution in [2.24, 2.45) is 5.92 Å². The zero-order valence-electron chi connectivity index (χ0n) is 28.2. The molecule has 0 spiro atoms. The normalized spacial score (nSPS) is 22.5. The summed E-state index contributed by atoms with van der Waals surface area (Å²) in [4.78, 5) is 14.8. The minimum Gasteiger partial charge on any atom is -0.463 e. The van der Waals surface area contributed by atoms with E-state index in [1.807, 2.05) is 7.05 Å². The minimum absolute atomic E-state index is 0.0548. The average Bonchev–Trinajstić information content (AvgIpc) is 3.62. The first-order chi connectivity index (χ1) is 21.2. The monoisotopic (exact) mass is 613 g/mol. The molecule has 0 bridgehead atoms. The molecule has 0 radical (unpaired) electrons. The number of nitrogens with zero attached hydrogens (tertiary/aromatic N) is 1. The van der Waals surface area contributed by atoms with Crippen LogP contribution in [0.1, 0.15) is 123 Å². The second-order valence-electron chi connectivity index (χ2n) is 12.7. The van der Waals surface area contributed by atoms with Gasteiger partial charge in [0.2, 0.25) is 0 Å². The smallest absolute Gasteiger partial charge is 0.310 e. The highest BCUT2D eigenvalue weighted by atomic mass is 16.6. The van der Waals surface area contributed by atoms with E-state index in [-0.39, 0.29) is 36.8 Å². The van der Waals surface area contributed by atoms with Gasteiger partial charge in [0, 0.05) is 19.8 Å². The predicted octanol–water partition coefficient (Wildman–Crippen LogP) is 6.97. The number of hydrogen-bond donors (Lipinski definition) is 0. The molecule has 1 unspecified atom stereocenters. The minimum atomic E-state index is -0.334. The average molecular weight is 614 g/mol. The van der Waals surface area contributed by atoms with Crippen molar-refractivity contribution in [1.29, 1.82) is 0 Å². The number of unbranched alkanes of at least 4 members (excludes halogenated alkanes) is 14. The number of carbonyl (C=O) groups excluding carboxylic acids is 1. The van der Waals surface area contributed by atoms with Crippen molar-refractivity contribution in [3.63, 3.8) is 0 Å². The molecule has 254 valence electrons. The molecule has 4 atom stereocenters. The van der Waals surface area contributed by atoms with Crippen LogP contribution in [0.5, 0.6) is 0 Å². The third-order valence-corrected chi connectivity index (χ3v) is 8.70. The number of rotatable bonds is 29. The molecule has 0 aromatic heterocycles. The van der Waals surface area contributed by atoms with Crippen molar-refractivity contribution >= 4 is 5.97 Å². The molecular weight excluding hydrogens is 546 g/mol. The molecular formula is C35H67NO7. The van der Waals surface area contributed by atoms with Gasteiger partial charge in [0.25, 0.3) is 0 Å². The third-order valence-electron chi connectivity index (χ3n) is 8.70. The number of ether oxygens (including phenoxy) is 6. The van der Waals surface area contributed by atoms with E-state index in [1.165, 1.54) is 89.9 Å². The number of esters is 1. The Morgan fingerprint density at radius 2 is 1.23 bits per heavy atom. The van der Waals surface area contributed by atoms with Crippen LogP contribution >= 0.6 is 0 Å². The van der Waals surface area contributed by atoms with Crippen molar-refractivity contribution in [3.8, 4) is 0 Å². The molecule has 0 saturated carbocycles. The highest BCUT2D eigenvalue weighted by molar-refractivity contribution is 5.73. The molecule has 0 aliphatic carbocycles. The lowest BCUT2D eigenvalue weighted by Crippen LogP contribution is -2.39. The maximum absolute atomic E-state index is 12.6. The van der Waals surface area contributed by atoms with Gasteiger partial charge in [-0.25, -0.2) is 0 Å². The second-order valence-corrected chi connectivity index (χ2v) is 12.7. The van der Waals surface area contributed by atoms with Crippen molar-refractivity contribution in [2.75, 3.05) is 73.0 Å². The Balaban J connectivity index is 1.61. The lowest BCUT2D eigenvalue weighted by Gasteiger charge is -2.24. The molecule has 43 heavy (non-hydrogen) atoms. The van der Waals surface area contributed by atoms with Gasteiger partial charge in [-0.2, -0.15) is 0 Å². The Labute approximate surface area is 264 Å². The van der Waals surface area contributed by atoms with Gasteiger partial charge in [0.1, 0.15) is 24.9 Å². The fraction of sp³-hybridized carbons (Fsp3) is 0.971. The zero-order chi connectivity index (χ0) is 30.8. The molecule has 2 fully saturated rings. The summed E-state index contributed by atoms with van der Waals surface area (Å²) < 4.78 is 35.7. The van der Waals surface area contributed by atoms with E-state index in [0.717, 1.165) is 45.6 Å². The Morgan fingerprint density at radius 3 is 1.77 bits per heavy atom. The van der Waals surface area contributed by atoms with Crippen LogP contribution in [0.4, 0.5) is 0 Å². The molecule has 0 aromatic rings. The van der Waals surface area contributed by atoms with E-state index >= 15 is 0 Å². The lowest BCUT2D eigenvalue weighted by molar-refractivity contribution is -0.154. The van der Waals surface area contributed by atoms with E-state index in [2.05, 4.69) is 18.7 Å². The maximum Gasteiger partial charge on any atom is 0.310 e. The fourth-order valence-electron chi connectivity index (χ4n) is 5.94. The standard InChI is InChI=1S/C35H67NO7/c1-4-6-8-10-12-14-16-18-22-38-24-26-40-32-29-42-33(30-43-35(37)31-20-21-36(3)28-31)34(32)41-27-25-39-23-19-17-15-13-11-9-7-5-2/h31-34H,4-30H2,1-3H3/t31?,32-,33+,34+/m0/s1. The molecule has 8 nitrogen and oxygen atoms in total. The van der Waals surface area contributed by atoms with Gasteiger partial charge in [-0.05, 0) is 32.9 Å². The summed E-state index contributed by atoms with van der Waals surface area (Å²) in [6.07, 6.45) is 20.7. The van der Waals surface area contributed by atoms with E-state index in [1.54, 1.807) is 0 Å². The van der Waals surface area contributed by atoms with Gasteiger partial charge in [-0.1, -0.05) is 104 Å².